The lowest BCUT2D eigenvalue weighted by atomic mass is 10.1. The van der Waals surface area contributed by atoms with Crippen LogP contribution in [0.25, 0.3) is 10.9 Å². The molecule has 0 unspecified atom stereocenters. The highest BCUT2D eigenvalue weighted by Crippen LogP contribution is 2.36. The normalized spacial score (nSPS) is 17.5. The number of nitrogens with one attached hydrogen (secondary N) is 2. The lowest BCUT2D eigenvalue weighted by Crippen LogP contribution is -2.37. The fourth-order valence-corrected chi connectivity index (χ4v) is 5.11. The van der Waals surface area contributed by atoms with Crippen LogP contribution in [-0.4, -0.2) is 59.7 Å². The third-order valence-corrected chi connectivity index (χ3v) is 7.24. The maximum absolute atomic E-state index is 13.0. The van der Waals surface area contributed by atoms with Crippen molar-refractivity contribution in [3.05, 3.63) is 54.4 Å². The Labute approximate surface area is 218 Å². The molecule has 8 heteroatoms. The first kappa shape index (κ1) is 25.4. The van der Waals surface area contributed by atoms with Gasteiger partial charge in [-0.15, -0.1) is 0 Å². The van der Waals surface area contributed by atoms with Gasteiger partial charge < -0.3 is 20.1 Å². The minimum absolute atomic E-state index is 0.00658. The second-order valence-electron chi connectivity index (χ2n) is 9.99. The van der Waals surface area contributed by atoms with E-state index < -0.39 is 0 Å². The maximum atomic E-state index is 13.0. The number of benzene rings is 2. The predicted molar refractivity (Wildman–Crippen MR) is 146 cm³/mol. The van der Waals surface area contributed by atoms with Gasteiger partial charge >= 0.3 is 0 Å². The summed E-state index contributed by atoms with van der Waals surface area (Å²) < 4.78 is 11.8. The number of amides is 1. The molecule has 8 nitrogen and oxygen atoms in total. The van der Waals surface area contributed by atoms with Crippen molar-refractivity contribution >= 4 is 28.3 Å². The predicted octanol–water partition coefficient (Wildman–Crippen LogP) is 5.18. The van der Waals surface area contributed by atoms with E-state index in [1.807, 2.05) is 30.3 Å². The van der Waals surface area contributed by atoms with E-state index in [-0.39, 0.29) is 18.1 Å². The lowest BCUT2D eigenvalue weighted by molar-refractivity contribution is -0.116. The van der Waals surface area contributed by atoms with E-state index in [0.29, 0.717) is 17.9 Å². The van der Waals surface area contributed by atoms with Crippen LogP contribution in [0.2, 0.25) is 0 Å². The van der Waals surface area contributed by atoms with Crippen molar-refractivity contribution in [2.45, 2.75) is 57.6 Å². The molecule has 1 aliphatic carbocycles. The van der Waals surface area contributed by atoms with Crippen molar-refractivity contribution in [2.75, 3.05) is 43.5 Å². The van der Waals surface area contributed by atoms with Gasteiger partial charge in [-0.1, -0.05) is 30.3 Å². The molecule has 196 valence electrons. The zero-order valence-corrected chi connectivity index (χ0v) is 21.6. The summed E-state index contributed by atoms with van der Waals surface area (Å²) in [4.78, 5) is 24.4. The summed E-state index contributed by atoms with van der Waals surface area (Å²) in [7, 11) is 0. The van der Waals surface area contributed by atoms with Crippen molar-refractivity contribution < 1.29 is 14.3 Å². The number of ether oxygens (including phenoxy) is 2. The molecule has 0 radical (unpaired) electrons. The van der Waals surface area contributed by atoms with Gasteiger partial charge in [0.05, 0.1) is 30.5 Å². The summed E-state index contributed by atoms with van der Waals surface area (Å²) in [6.45, 7) is 6.42. The van der Waals surface area contributed by atoms with Crippen LogP contribution in [0.5, 0.6) is 5.75 Å². The zero-order valence-electron chi connectivity index (χ0n) is 21.6. The Kier molecular flexibility index (Phi) is 8.48. The molecule has 2 aromatic carbocycles. The summed E-state index contributed by atoms with van der Waals surface area (Å²) in [5.41, 5.74) is 2.64. The molecule has 0 spiro atoms. The summed E-state index contributed by atoms with van der Waals surface area (Å²) in [5.74, 6) is 1.41. The number of fused-ring (bicyclic) bond motifs is 1. The molecule has 2 fully saturated rings. The number of morpholine rings is 1. The van der Waals surface area contributed by atoms with Gasteiger partial charge in [-0.05, 0) is 57.2 Å². The van der Waals surface area contributed by atoms with Crippen LogP contribution >= 0.6 is 0 Å². The van der Waals surface area contributed by atoms with Gasteiger partial charge in [0.25, 0.3) is 0 Å². The van der Waals surface area contributed by atoms with Gasteiger partial charge in [0.15, 0.2) is 0 Å². The lowest BCUT2D eigenvalue weighted by Gasteiger charge is -2.26. The molecule has 37 heavy (non-hydrogen) atoms. The smallest absolute Gasteiger partial charge is 0.224 e. The first-order valence-corrected chi connectivity index (χ1v) is 13.5. The van der Waals surface area contributed by atoms with Crippen LogP contribution in [0.1, 0.15) is 57.1 Å². The van der Waals surface area contributed by atoms with Gasteiger partial charge in [-0.3, -0.25) is 9.69 Å². The van der Waals surface area contributed by atoms with E-state index in [4.69, 9.17) is 9.47 Å². The first-order chi connectivity index (χ1) is 18.2. The van der Waals surface area contributed by atoms with Crippen LogP contribution in [-0.2, 0) is 9.53 Å². The van der Waals surface area contributed by atoms with Gasteiger partial charge in [0.1, 0.15) is 17.9 Å². The number of carbonyl (C=O) groups is 1. The van der Waals surface area contributed by atoms with E-state index in [1.165, 1.54) is 18.4 Å². The second kappa shape index (κ2) is 12.3. The maximum Gasteiger partial charge on any atom is 0.224 e. The van der Waals surface area contributed by atoms with Gasteiger partial charge in [-0.2, -0.15) is 0 Å². The highest BCUT2D eigenvalue weighted by molar-refractivity contribution is 5.99. The fraction of sp³-hybridized carbons (Fsp3) is 0.483. The van der Waals surface area contributed by atoms with Crippen molar-refractivity contribution in [1.82, 2.24) is 14.9 Å². The molecule has 0 bridgehead atoms. The van der Waals surface area contributed by atoms with Crippen LogP contribution in [0.15, 0.2) is 48.8 Å². The summed E-state index contributed by atoms with van der Waals surface area (Å²) in [6, 6.07) is 14.2. The fourth-order valence-electron chi connectivity index (χ4n) is 5.11. The highest BCUT2D eigenvalue weighted by Gasteiger charge is 2.21. The van der Waals surface area contributed by atoms with E-state index in [0.717, 1.165) is 68.8 Å². The molecule has 2 aliphatic rings. The van der Waals surface area contributed by atoms with Crippen LogP contribution in [0, 0.1) is 0 Å². The molecule has 1 aromatic heterocycles. The summed E-state index contributed by atoms with van der Waals surface area (Å²) >= 11 is 0. The van der Waals surface area contributed by atoms with Crippen LogP contribution in [0.3, 0.4) is 0 Å². The highest BCUT2D eigenvalue weighted by atomic mass is 16.5. The van der Waals surface area contributed by atoms with Gasteiger partial charge in [0.2, 0.25) is 5.91 Å². The average molecular weight is 504 g/mol. The average Bonchev–Trinajstić information content (AvgIpc) is 3.44. The number of hydrogen-bond donors (Lipinski definition) is 2. The van der Waals surface area contributed by atoms with E-state index in [2.05, 4.69) is 44.6 Å². The van der Waals surface area contributed by atoms with Crippen molar-refractivity contribution in [1.29, 1.82) is 0 Å². The Morgan fingerprint density at radius 2 is 1.92 bits per heavy atom. The summed E-state index contributed by atoms with van der Waals surface area (Å²) in [5, 5.41) is 7.52. The number of aromatic nitrogens is 2. The van der Waals surface area contributed by atoms with E-state index in [9.17, 15) is 4.79 Å². The first-order valence-electron chi connectivity index (χ1n) is 13.5. The quantitative estimate of drug-likeness (QED) is 0.394. The Hall–Kier alpha value is -3.23. The Morgan fingerprint density at radius 1 is 1.14 bits per heavy atom. The van der Waals surface area contributed by atoms with E-state index in [1.54, 1.807) is 6.33 Å². The standard InChI is InChI=1S/C29H37N5O3/c1-21(22-8-3-2-4-9-22)32-29-24-18-26(33-28(35)12-7-13-34-14-16-36-17-15-34)27(19-25(24)30-20-31-29)37-23-10-5-6-11-23/h2-4,8-9,18-21,23H,5-7,10-17H2,1H3,(H,33,35)(H,30,31,32)/t21-/m1/s1. The molecule has 5 rings (SSSR count). The SMILES string of the molecule is C[C@@H](Nc1ncnc2cc(OC3CCCC3)c(NC(=O)CCCN3CCOCC3)cc12)c1ccccc1. The van der Waals surface area contributed by atoms with Crippen molar-refractivity contribution in [3.8, 4) is 5.75 Å². The number of anilines is 2. The molecule has 1 amide bonds. The third kappa shape index (κ3) is 6.76. The molecular formula is C29H37N5O3. The van der Waals surface area contributed by atoms with E-state index >= 15 is 0 Å². The van der Waals surface area contributed by atoms with Crippen LogP contribution in [0.4, 0.5) is 11.5 Å². The van der Waals surface area contributed by atoms with Crippen molar-refractivity contribution in [3.63, 3.8) is 0 Å². The Morgan fingerprint density at radius 3 is 2.70 bits per heavy atom. The molecular weight excluding hydrogens is 466 g/mol. The monoisotopic (exact) mass is 503 g/mol. The third-order valence-electron chi connectivity index (χ3n) is 7.24. The molecule has 2 N–H and O–H groups in total. The number of rotatable bonds is 10. The van der Waals surface area contributed by atoms with Crippen LogP contribution < -0.4 is 15.4 Å². The van der Waals surface area contributed by atoms with Gasteiger partial charge in [-0.25, -0.2) is 9.97 Å². The number of nitrogens with zero attached hydrogens (tertiary/aromatic N) is 3. The molecule has 1 aliphatic heterocycles. The topological polar surface area (TPSA) is 88.6 Å². The summed E-state index contributed by atoms with van der Waals surface area (Å²) in [6.07, 6.45) is 7.44. The molecule has 1 atom stereocenters. The Balaban J connectivity index is 1.35. The molecule has 1 saturated heterocycles. The number of hydrogen-bond acceptors (Lipinski definition) is 7. The minimum atomic E-state index is -0.00658. The molecule has 2 heterocycles. The Bertz CT molecular complexity index is 1180. The second-order valence-corrected chi connectivity index (χ2v) is 9.99. The van der Waals surface area contributed by atoms with Crippen molar-refractivity contribution in [2.24, 2.45) is 0 Å². The van der Waals surface area contributed by atoms with Gasteiger partial charge in [0, 0.05) is 37.0 Å². The zero-order chi connectivity index (χ0) is 25.5. The number of carbonyl (C=O) groups excluding carboxylic acids is 1. The molecule has 3 aromatic rings. The molecule has 1 saturated carbocycles. The largest absolute Gasteiger partial charge is 0.488 e. The minimum Gasteiger partial charge on any atom is -0.488 e.